The Bertz CT molecular complexity index is 740. The minimum atomic E-state index is -0.455. The molecule has 0 unspecified atom stereocenters. The number of benzene rings is 1. The summed E-state index contributed by atoms with van der Waals surface area (Å²) < 4.78 is 9.81. The fourth-order valence-corrected chi connectivity index (χ4v) is 2.24. The van der Waals surface area contributed by atoms with Crippen LogP contribution in [0.4, 0.5) is 16.2 Å². The van der Waals surface area contributed by atoms with Gasteiger partial charge in [0.05, 0.1) is 7.11 Å². The Kier molecular flexibility index (Phi) is 6.71. The minimum absolute atomic E-state index is 0.0947. The molecule has 26 heavy (non-hydrogen) atoms. The molecular formula is C18H24N4O4. The predicted octanol–water partition coefficient (Wildman–Crippen LogP) is 3.36. The van der Waals surface area contributed by atoms with Gasteiger partial charge in [-0.1, -0.05) is 19.0 Å². The number of amides is 2. The molecule has 0 bridgehead atoms. The Balaban J connectivity index is 1.79. The van der Waals surface area contributed by atoms with E-state index in [-0.39, 0.29) is 11.8 Å². The summed E-state index contributed by atoms with van der Waals surface area (Å²) in [7, 11) is 2.94. The van der Waals surface area contributed by atoms with Gasteiger partial charge in [-0.3, -0.25) is 9.69 Å². The van der Waals surface area contributed by atoms with Crippen LogP contribution in [0.3, 0.4) is 0 Å². The SMILES string of the molecule is COC(=O)N(C)c1ccc(NC(=O)CCCc2nc(C(C)C)no2)cc1. The van der Waals surface area contributed by atoms with E-state index in [0.29, 0.717) is 42.4 Å². The number of hydrogen-bond donors (Lipinski definition) is 1. The normalized spacial score (nSPS) is 10.7. The molecule has 2 aromatic rings. The first-order chi connectivity index (χ1) is 12.4. The van der Waals surface area contributed by atoms with Gasteiger partial charge in [-0.05, 0) is 30.7 Å². The average Bonchev–Trinajstić information content (AvgIpc) is 3.10. The summed E-state index contributed by atoms with van der Waals surface area (Å²) in [6, 6.07) is 6.94. The van der Waals surface area contributed by atoms with Crippen molar-refractivity contribution < 1.29 is 18.8 Å². The van der Waals surface area contributed by atoms with E-state index >= 15 is 0 Å². The van der Waals surface area contributed by atoms with Gasteiger partial charge >= 0.3 is 6.09 Å². The first-order valence-electron chi connectivity index (χ1n) is 8.44. The molecule has 0 aliphatic rings. The average molecular weight is 360 g/mol. The van der Waals surface area contributed by atoms with Crippen molar-refractivity contribution in [1.82, 2.24) is 10.1 Å². The number of aryl methyl sites for hydroxylation is 1. The topological polar surface area (TPSA) is 97.6 Å². The van der Waals surface area contributed by atoms with E-state index < -0.39 is 6.09 Å². The summed E-state index contributed by atoms with van der Waals surface area (Å²) in [5.74, 6) is 1.36. The molecule has 8 nitrogen and oxygen atoms in total. The van der Waals surface area contributed by atoms with Gasteiger partial charge in [-0.2, -0.15) is 4.98 Å². The molecule has 0 saturated heterocycles. The van der Waals surface area contributed by atoms with Crippen molar-refractivity contribution >= 4 is 23.4 Å². The fraction of sp³-hybridized carbons (Fsp3) is 0.444. The Morgan fingerprint density at radius 3 is 2.54 bits per heavy atom. The van der Waals surface area contributed by atoms with Crippen LogP contribution in [0.1, 0.15) is 44.3 Å². The van der Waals surface area contributed by atoms with Gasteiger partial charge in [-0.25, -0.2) is 4.79 Å². The second-order valence-electron chi connectivity index (χ2n) is 6.18. The smallest absolute Gasteiger partial charge is 0.413 e. The van der Waals surface area contributed by atoms with Crippen LogP contribution < -0.4 is 10.2 Å². The second-order valence-corrected chi connectivity index (χ2v) is 6.18. The number of methoxy groups -OCH3 is 1. The van der Waals surface area contributed by atoms with Crippen LogP contribution in [-0.4, -0.2) is 36.3 Å². The zero-order chi connectivity index (χ0) is 19.1. The third-order valence-electron chi connectivity index (χ3n) is 3.78. The highest BCUT2D eigenvalue weighted by Crippen LogP contribution is 2.18. The van der Waals surface area contributed by atoms with Crippen molar-refractivity contribution in [1.29, 1.82) is 0 Å². The van der Waals surface area contributed by atoms with E-state index in [0.717, 1.165) is 0 Å². The second kappa shape index (κ2) is 8.98. The van der Waals surface area contributed by atoms with Crippen molar-refractivity contribution in [3.8, 4) is 0 Å². The Hall–Kier alpha value is -2.90. The molecule has 2 rings (SSSR count). The molecule has 140 valence electrons. The Morgan fingerprint density at radius 1 is 1.27 bits per heavy atom. The van der Waals surface area contributed by atoms with Gasteiger partial charge in [0, 0.05) is 37.2 Å². The maximum absolute atomic E-state index is 12.0. The van der Waals surface area contributed by atoms with E-state index in [9.17, 15) is 9.59 Å². The molecule has 0 spiro atoms. The Labute approximate surface area is 152 Å². The van der Waals surface area contributed by atoms with Crippen LogP contribution in [0.15, 0.2) is 28.8 Å². The highest BCUT2D eigenvalue weighted by Gasteiger charge is 2.12. The quantitative estimate of drug-likeness (QED) is 0.813. The maximum Gasteiger partial charge on any atom is 0.413 e. The Morgan fingerprint density at radius 2 is 1.96 bits per heavy atom. The van der Waals surface area contributed by atoms with E-state index in [2.05, 4.69) is 20.2 Å². The molecule has 0 saturated carbocycles. The van der Waals surface area contributed by atoms with E-state index in [4.69, 9.17) is 4.52 Å². The van der Waals surface area contributed by atoms with Gasteiger partial charge in [-0.15, -0.1) is 0 Å². The molecule has 1 aromatic heterocycles. The van der Waals surface area contributed by atoms with Crippen molar-refractivity contribution in [2.75, 3.05) is 24.4 Å². The van der Waals surface area contributed by atoms with E-state index in [1.54, 1.807) is 31.3 Å². The maximum atomic E-state index is 12.0. The lowest BCUT2D eigenvalue weighted by molar-refractivity contribution is -0.116. The van der Waals surface area contributed by atoms with Gasteiger partial charge < -0.3 is 14.6 Å². The van der Waals surface area contributed by atoms with Crippen LogP contribution in [0.25, 0.3) is 0 Å². The first-order valence-corrected chi connectivity index (χ1v) is 8.44. The lowest BCUT2D eigenvalue weighted by Gasteiger charge is -2.15. The van der Waals surface area contributed by atoms with Gasteiger partial charge in [0.15, 0.2) is 5.82 Å². The van der Waals surface area contributed by atoms with Crippen LogP contribution in [0, 0.1) is 0 Å². The number of nitrogens with one attached hydrogen (secondary N) is 1. The molecule has 0 fully saturated rings. The number of anilines is 2. The van der Waals surface area contributed by atoms with Crippen molar-refractivity contribution in [2.24, 2.45) is 0 Å². The highest BCUT2D eigenvalue weighted by atomic mass is 16.5. The van der Waals surface area contributed by atoms with Crippen LogP contribution in [-0.2, 0) is 16.0 Å². The molecule has 8 heteroatoms. The molecule has 2 amide bonds. The number of nitrogens with zero attached hydrogens (tertiary/aromatic N) is 3. The monoisotopic (exact) mass is 360 g/mol. The van der Waals surface area contributed by atoms with Gasteiger partial charge in [0.25, 0.3) is 0 Å². The minimum Gasteiger partial charge on any atom is -0.452 e. The van der Waals surface area contributed by atoms with Crippen molar-refractivity contribution in [3.05, 3.63) is 36.0 Å². The van der Waals surface area contributed by atoms with Crippen LogP contribution >= 0.6 is 0 Å². The molecule has 1 aromatic carbocycles. The fourth-order valence-electron chi connectivity index (χ4n) is 2.24. The zero-order valence-electron chi connectivity index (χ0n) is 15.5. The van der Waals surface area contributed by atoms with E-state index in [1.165, 1.54) is 12.0 Å². The molecular weight excluding hydrogens is 336 g/mol. The third kappa shape index (κ3) is 5.30. The number of rotatable bonds is 7. The lowest BCUT2D eigenvalue weighted by atomic mass is 10.2. The standard InChI is InChI=1S/C18H24N4O4/c1-12(2)17-20-16(26-21-17)7-5-6-15(23)19-13-8-10-14(11-9-13)22(3)18(24)25-4/h8-12H,5-7H2,1-4H3,(H,19,23). The van der Waals surface area contributed by atoms with Gasteiger partial charge in [0.1, 0.15) is 0 Å². The molecule has 1 N–H and O–H groups in total. The molecule has 0 aliphatic heterocycles. The summed E-state index contributed by atoms with van der Waals surface area (Å²) in [6.45, 7) is 3.99. The summed E-state index contributed by atoms with van der Waals surface area (Å²) in [4.78, 5) is 29.2. The third-order valence-corrected chi connectivity index (χ3v) is 3.78. The zero-order valence-corrected chi connectivity index (χ0v) is 15.5. The van der Waals surface area contributed by atoms with Crippen LogP contribution in [0.5, 0.6) is 0 Å². The molecule has 0 atom stereocenters. The van der Waals surface area contributed by atoms with Gasteiger partial charge in [0.2, 0.25) is 11.8 Å². The number of carbonyl (C=O) groups excluding carboxylic acids is 2. The number of aromatic nitrogens is 2. The number of hydrogen-bond acceptors (Lipinski definition) is 6. The summed E-state index contributed by atoms with van der Waals surface area (Å²) in [6.07, 6.45) is 1.08. The molecule has 0 aliphatic carbocycles. The number of carbonyl (C=O) groups is 2. The van der Waals surface area contributed by atoms with Crippen molar-refractivity contribution in [3.63, 3.8) is 0 Å². The number of ether oxygens (including phenoxy) is 1. The largest absolute Gasteiger partial charge is 0.452 e. The lowest BCUT2D eigenvalue weighted by Crippen LogP contribution is -2.25. The summed E-state index contributed by atoms with van der Waals surface area (Å²) in [5, 5.41) is 6.72. The predicted molar refractivity (Wildman–Crippen MR) is 97.2 cm³/mol. The molecule has 0 radical (unpaired) electrons. The first kappa shape index (κ1) is 19.4. The summed E-state index contributed by atoms with van der Waals surface area (Å²) >= 11 is 0. The molecule has 1 heterocycles. The summed E-state index contributed by atoms with van der Waals surface area (Å²) in [5.41, 5.74) is 1.34. The highest BCUT2D eigenvalue weighted by molar-refractivity contribution is 5.91. The van der Waals surface area contributed by atoms with Crippen molar-refractivity contribution in [2.45, 2.75) is 39.0 Å². The van der Waals surface area contributed by atoms with E-state index in [1.807, 2.05) is 13.8 Å². The van der Waals surface area contributed by atoms with Crippen LogP contribution in [0.2, 0.25) is 0 Å².